The van der Waals surface area contributed by atoms with Crippen LogP contribution >= 0.6 is 0 Å². The zero-order valence-corrected chi connectivity index (χ0v) is 16.9. The first-order chi connectivity index (χ1) is 14.1. The Hall–Kier alpha value is -2.78. The lowest BCUT2D eigenvalue weighted by molar-refractivity contribution is -0.274. The Morgan fingerprint density at radius 1 is 1.13 bits per heavy atom. The van der Waals surface area contributed by atoms with Crippen LogP contribution in [0.25, 0.3) is 0 Å². The van der Waals surface area contributed by atoms with Crippen molar-refractivity contribution in [3.8, 4) is 5.75 Å². The van der Waals surface area contributed by atoms with Crippen LogP contribution in [0.15, 0.2) is 24.3 Å². The van der Waals surface area contributed by atoms with Crippen LogP contribution in [0.1, 0.15) is 25.3 Å². The summed E-state index contributed by atoms with van der Waals surface area (Å²) in [5.41, 5.74) is 0.504. The maximum atomic E-state index is 12.4. The van der Waals surface area contributed by atoms with Crippen molar-refractivity contribution >= 4 is 17.8 Å². The van der Waals surface area contributed by atoms with E-state index in [0.717, 1.165) is 12.1 Å². The molecular weight excluding hydrogens is 405 g/mol. The number of carbonyl (C=O) groups excluding carboxylic acids is 3. The molecule has 0 unspecified atom stereocenters. The third kappa shape index (κ3) is 7.23. The number of benzene rings is 1. The van der Waals surface area contributed by atoms with E-state index in [4.69, 9.17) is 4.74 Å². The van der Waals surface area contributed by atoms with Gasteiger partial charge in [-0.2, -0.15) is 0 Å². The Balaban J connectivity index is 1.80. The maximum Gasteiger partial charge on any atom is 0.573 e. The van der Waals surface area contributed by atoms with Crippen LogP contribution in [0.2, 0.25) is 0 Å². The van der Waals surface area contributed by atoms with Gasteiger partial charge >= 0.3 is 12.3 Å². The molecule has 0 radical (unpaired) electrons. The van der Waals surface area contributed by atoms with Gasteiger partial charge in [0.05, 0.1) is 25.5 Å². The third-order valence-electron chi connectivity index (χ3n) is 4.78. The van der Waals surface area contributed by atoms with Gasteiger partial charge in [0, 0.05) is 20.1 Å². The van der Waals surface area contributed by atoms with Crippen LogP contribution in [0, 0.1) is 5.92 Å². The number of alkyl halides is 3. The summed E-state index contributed by atoms with van der Waals surface area (Å²) in [6, 6.07) is 5.01. The van der Waals surface area contributed by atoms with Gasteiger partial charge in [-0.05, 0) is 37.5 Å². The second-order valence-corrected chi connectivity index (χ2v) is 7.03. The summed E-state index contributed by atoms with van der Waals surface area (Å²) in [6.07, 6.45) is -3.78. The SMILES string of the molecule is CCOC(=O)C1CCN(C(=O)CN(C)C(=O)Cc2ccc(OC(F)(F)F)cc2)CC1. The van der Waals surface area contributed by atoms with Crippen LogP contribution in [-0.4, -0.2) is 67.2 Å². The minimum Gasteiger partial charge on any atom is -0.466 e. The minimum atomic E-state index is -4.78. The van der Waals surface area contributed by atoms with E-state index in [9.17, 15) is 27.6 Å². The third-order valence-corrected chi connectivity index (χ3v) is 4.78. The van der Waals surface area contributed by atoms with Crippen LogP contribution in [0.4, 0.5) is 13.2 Å². The summed E-state index contributed by atoms with van der Waals surface area (Å²) in [4.78, 5) is 39.4. The summed E-state index contributed by atoms with van der Waals surface area (Å²) in [6.45, 7) is 2.80. The monoisotopic (exact) mass is 430 g/mol. The number of likely N-dealkylation sites (tertiary alicyclic amines) is 1. The lowest BCUT2D eigenvalue weighted by atomic mass is 9.97. The van der Waals surface area contributed by atoms with E-state index in [1.54, 1.807) is 11.8 Å². The number of halogens is 3. The standard InChI is InChI=1S/C20H25F3N2O5/c1-3-29-19(28)15-8-10-25(11-9-15)18(27)13-24(2)17(26)12-14-4-6-16(7-5-14)30-20(21,22)23/h4-7,15H,3,8-13H2,1-2H3. The van der Waals surface area contributed by atoms with Crippen molar-refractivity contribution in [3.05, 3.63) is 29.8 Å². The molecular formula is C20H25F3N2O5. The number of carbonyl (C=O) groups is 3. The van der Waals surface area contributed by atoms with E-state index in [2.05, 4.69) is 4.74 Å². The Morgan fingerprint density at radius 2 is 1.73 bits per heavy atom. The summed E-state index contributed by atoms with van der Waals surface area (Å²) in [5, 5.41) is 0. The van der Waals surface area contributed by atoms with Crippen molar-refractivity contribution in [2.24, 2.45) is 5.92 Å². The summed E-state index contributed by atoms with van der Waals surface area (Å²) >= 11 is 0. The zero-order valence-electron chi connectivity index (χ0n) is 16.9. The number of rotatable bonds is 7. The highest BCUT2D eigenvalue weighted by molar-refractivity contribution is 5.86. The molecule has 1 aromatic carbocycles. The first kappa shape index (κ1) is 23.5. The second kappa shape index (κ2) is 10.3. The Kier molecular flexibility index (Phi) is 8.08. The highest BCUT2D eigenvalue weighted by Crippen LogP contribution is 2.23. The molecule has 0 saturated carbocycles. The Labute approximate surface area is 172 Å². The number of piperidine rings is 1. The second-order valence-electron chi connectivity index (χ2n) is 7.03. The minimum absolute atomic E-state index is 0.0546. The van der Waals surface area contributed by atoms with E-state index >= 15 is 0 Å². The fourth-order valence-electron chi connectivity index (χ4n) is 3.13. The largest absolute Gasteiger partial charge is 0.573 e. The average Bonchev–Trinajstić information content (AvgIpc) is 2.68. The molecule has 2 amide bonds. The van der Waals surface area contributed by atoms with Crippen molar-refractivity contribution in [1.82, 2.24) is 9.80 Å². The molecule has 0 spiro atoms. The maximum absolute atomic E-state index is 12.4. The molecule has 1 fully saturated rings. The number of esters is 1. The average molecular weight is 430 g/mol. The number of nitrogens with zero attached hydrogens (tertiary/aromatic N) is 2. The number of hydrogen-bond donors (Lipinski definition) is 0. The van der Waals surface area contributed by atoms with Gasteiger partial charge in [0.25, 0.3) is 0 Å². The fourth-order valence-corrected chi connectivity index (χ4v) is 3.13. The van der Waals surface area contributed by atoms with Crippen molar-refractivity contribution < 1.29 is 37.0 Å². The highest BCUT2D eigenvalue weighted by Gasteiger charge is 2.31. The molecule has 1 aromatic rings. The smallest absolute Gasteiger partial charge is 0.466 e. The molecule has 1 aliphatic heterocycles. The highest BCUT2D eigenvalue weighted by atomic mass is 19.4. The molecule has 0 aromatic heterocycles. The van der Waals surface area contributed by atoms with E-state index < -0.39 is 6.36 Å². The quantitative estimate of drug-likeness (QED) is 0.621. The normalized spacial score (nSPS) is 14.9. The van der Waals surface area contributed by atoms with Crippen molar-refractivity contribution in [3.63, 3.8) is 0 Å². The first-order valence-corrected chi connectivity index (χ1v) is 9.62. The Morgan fingerprint density at radius 3 is 2.27 bits per heavy atom. The first-order valence-electron chi connectivity index (χ1n) is 9.62. The Bertz CT molecular complexity index is 744. The molecule has 1 saturated heterocycles. The molecule has 7 nitrogen and oxygen atoms in total. The van der Waals surface area contributed by atoms with Gasteiger partial charge in [-0.1, -0.05) is 12.1 Å². The molecule has 0 aliphatic carbocycles. The molecule has 10 heteroatoms. The van der Waals surface area contributed by atoms with Crippen molar-refractivity contribution in [2.45, 2.75) is 32.5 Å². The van der Waals surface area contributed by atoms with Crippen LogP contribution in [0.3, 0.4) is 0 Å². The van der Waals surface area contributed by atoms with Gasteiger partial charge in [0.15, 0.2) is 0 Å². The number of ether oxygens (including phenoxy) is 2. The topological polar surface area (TPSA) is 76.2 Å². The van der Waals surface area contributed by atoms with Gasteiger partial charge in [-0.15, -0.1) is 13.2 Å². The predicted molar refractivity (Wildman–Crippen MR) is 100 cm³/mol. The van der Waals surface area contributed by atoms with E-state index in [0.29, 0.717) is 38.1 Å². The predicted octanol–water partition coefficient (Wildman–Crippen LogP) is 2.39. The number of hydrogen-bond acceptors (Lipinski definition) is 5. The van der Waals surface area contributed by atoms with Gasteiger partial charge in [-0.25, -0.2) is 0 Å². The number of likely N-dealkylation sites (N-methyl/N-ethyl adjacent to an activating group) is 1. The molecule has 0 atom stereocenters. The molecule has 1 aliphatic rings. The molecule has 1 heterocycles. The molecule has 2 rings (SSSR count). The van der Waals surface area contributed by atoms with Crippen LogP contribution in [0.5, 0.6) is 5.75 Å². The van der Waals surface area contributed by atoms with Crippen LogP contribution < -0.4 is 4.74 Å². The van der Waals surface area contributed by atoms with Crippen molar-refractivity contribution in [2.75, 3.05) is 33.3 Å². The van der Waals surface area contributed by atoms with Gasteiger partial charge < -0.3 is 19.3 Å². The summed E-state index contributed by atoms with van der Waals surface area (Å²) < 4.78 is 45.4. The summed E-state index contributed by atoms with van der Waals surface area (Å²) in [5.74, 6) is -1.38. The molecule has 30 heavy (non-hydrogen) atoms. The van der Waals surface area contributed by atoms with E-state index in [1.165, 1.54) is 24.1 Å². The lowest BCUT2D eigenvalue weighted by Gasteiger charge is -2.32. The van der Waals surface area contributed by atoms with E-state index in [-0.39, 0.29) is 42.4 Å². The van der Waals surface area contributed by atoms with E-state index in [1.807, 2.05) is 0 Å². The van der Waals surface area contributed by atoms with Crippen molar-refractivity contribution in [1.29, 1.82) is 0 Å². The van der Waals surface area contributed by atoms with Gasteiger partial charge in [0.1, 0.15) is 5.75 Å². The number of amides is 2. The zero-order chi connectivity index (χ0) is 22.3. The van der Waals surface area contributed by atoms with Gasteiger partial charge in [0.2, 0.25) is 11.8 Å². The fraction of sp³-hybridized carbons (Fsp3) is 0.550. The summed E-state index contributed by atoms with van der Waals surface area (Å²) in [7, 11) is 1.49. The lowest BCUT2D eigenvalue weighted by Crippen LogP contribution is -2.45. The molecule has 0 bridgehead atoms. The van der Waals surface area contributed by atoms with Gasteiger partial charge in [-0.3, -0.25) is 14.4 Å². The van der Waals surface area contributed by atoms with Crippen LogP contribution in [-0.2, 0) is 25.5 Å². The molecule has 0 N–H and O–H groups in total. The molecule has 166 valence electrons.